The van der Waals surface area contributed by atoms with Crippen molar-refractivity contribution < 1.29 is 19.4 Å². The van der Waals surface area contributed by atoms with E-state index in [0.717, 1.165) is 12.8 Å². The van der Waals surface area contributed by atoms with E-state index in [2.05, 4.69) is 20.7 Å². The van der Waals surface area contributed by atoms with Gasteiger partial charge in [-0.3, -0.25) is 4.79 Å². The number of hydrogen-bond acceptors (Lipinski definition) is 4. The molecule has 3 atom stereocenters. The molecule has 0 aromatic heterocycles. The first-order valence-electron chi connectivity index (χ1n) is 5.95. The highest BCUT2D eigenvalue weighted by Gasteiger charge is 2.67. The molecule has 100 valence electrons. The second-order valence-electron chi connectivity index (χ2n) is 5.56. The number of fused-ring (bicyclic) bond motifs is 2. The molecule has 18 heavy (non-hydrogen) atoms. The van der Waals surface area contributed by atoms with Crippen LogP contribution < -0.4 is 0 Å². The number of ketones is 1. The SMILES string of the molecule is COC(=O)/C(O)=C1\C(=O)[C@@]2(C)CC[C@@H]1[C@@]2(C)CBr. The molecule has 5 heteroatoms. The van der Waals surface area contributed by atoms with Crippen LogP contribution in [0, 0.1) is 16.7 Å². The van der Waals surface area contributed by atoms with Crippen molar-refractivity contribution in [1.29, 1.82) is 0 Å². The number of methoxy groups -OCH3 is 1. The summed E-state index contributed by atoms with van der Waals surface area (Å²) in [6.07, 6.45) is 1.62. The Morgan fingerprint density at radius 3 is 2.61 bits per heavy atom. The van der Waals surface area contributed by atoms with Crippen molar-refractivity contribution in [3.05, 3.63) is 11.3 Å². The molecule has 2 rings (SSSR count). The highest BCUT2D eigenvalue weighted by Crippen LogP contribution is 2.66. The number of aliphatic hydroxyl groups excluding tert-OH is 1. The van der Waals surface area contributed by atoms with Crippen molar-refractivity contribution >= 4 is 27.7 Å². The molecule has 2 bridgehead atoms. The Hall–Kier alpha value is -0.840. The van der Waals surface area contributed by atoms with Gasteiger partial charge in [0.05, 0.1) is 7.11 Å². The normalized spacial score (nSPS) is 41.1. The van der Waals surface area contributed by atoms with Crippen LogP contribution in [-0.2, 0) is 14.3 Å². The van der Waals surface area contributed by atoms with Gasteiger partial charge in [0, 0.05) is 16.3 Å². The van der Waals surface area contributed by atoms with E-state index in [0.29, 0.717) is 5.33 Å². The summed E-state index contributed by atoms with van der Waals surface area (Å²) in [7, 11) is 1.20. The second kappa shape index (κ2) is 4.08. The number of aliphatic hydroxyl groups is 1. The van der Waals surface area contributed by atoms with Crippen LogP contribution in [0.2, 0.25) is 0 Å². The minimum absolute atomic E-state index is 0.0755. The van der Waals surface area contributed by atoms with Crippen molar-refractivity contribution in [2.24, 2.45) is 16.7 Å². The molecular formula is C13H17BrO4. The van der Waals surface area contributed by atoms with Crippen LogP contribution >= 0.6 is 15.9 Å². The van der Waals surface area contributed by atoms with Gasteiger partial charge in [0.25, 0.3) is 0 Å². The van der Waals surface area contributed by atoms with Crippen molar-refractivity contribution in [1.82, 2.24) is 0 Å². The smallest absolute Gasteiger partial charge is 0.373 e. The number of hydrogen-bond donors (Lipinski definition) is 1. The van der Waals surface area contributed by atoms with Crippen molar-refractivity contribution in [3.63, 3.8) is 0 Å². The number of alkyl halides is 1. The average molecular weight is 317 g/mol. The Labute approximate surface area is 115 Å². The van der Waals surface area contributed by atoms with Gasteiger partial charge < -0.3 is 9.84 Å². The molecule has 0 aromatic rings. The number of halogens is 1. The molecule has 0 aromatic carbocycles. The van der Waals surface area contributed by atoms with E-state index in [1.165, 1.54) is 7.11 Å². The van der Waals surface area contributed by atoms with Gasteiger partial charge in [-0.05, 0) is 24.2 Å². The zero-order chi connectivity index (χ0) is 13.7. The lowest BCUT2D eigenvalue weighted by atomic mass is 9.70. The van der Waals surface area contributed by atoms with Gasteiger partial charge in [-0.15, -0.1) is 0 Å². The van der Waals surface area contributed by atoms with Gasteiger partial charge in [-0.2, -0.15) is 0 Å². The third kappa shape index (κ3) is 1.37. The lowest BCUT2D eigenvalue weighted by molar-refractivity contribution is -0.139. The number of esters is 1. The Bertz CT molecular complexity index is 456. The lowest BCUT2D eigenvalue weighted by Crippen LogP contribution is -2.36. The fourth-order valence-corrected chi connectivity index (χ4v) is 4.44. The van der Waals surface area contributed by atoms with Crippen molar-refractivity contribution in [3.8, 4) is 0 Å². The summed E-state index contributed by atoms with van der Waals surface area (Å²) < 4.78 is 4.50. The number of carbonyl (C=O) groups is 2. The lowest BCUT2D eigenvalue weighted by Gasteiger charge is -2.34. The molecule has 1 N–H and O–H groups in total. The number of allylic oxidation sites excluding steroid dienone is 1. The maximum atomic E-state index is 12.5. The van der Waals surface area contributed by atoms with Crippen LogP contribution in [0.5, 0.6) is 0 Å². The molecule has 2 saturated carbocycles. The minimum Gasteiger partial charge on any atom is -0.502 e. The molecule has 0 heterocycles. The first-order valence-corrected chi connectivity index (χ1v) is 7.08. The third-order valence-corrected chi connectivity index (χ3v) is 6.13. The van der Waals surface area contributed by atoms with Crippen molar-refractivity contribution in [2.75, 3.05) is 12.4 Å². The number of Topliss-reactive ketones (excluding diaryl/α,β-unsaturated/α-hetero) is 1. The van der Waals surface area contributed by atoms with Crippen molar-refractivity contribution in [2.45, 2.75) is 26.7 Å². The summed E-state index contributed by atoms with van der Waals surface area (Å²) in [5, 5.41) is 10.6. The number of rotatable bonds is 2. The number of ether oxygens (including phenoxy) is 1. The summed E-state index contributed by atoms with van der Waals surface area (Å²) in [6, 6.07) is 0. The van der Waals surface area contributed by atoms with Gasteiger partial charge in [-0.25, -0.2) is 4.79 Å². The fraction of sp³-hybridized carbons (Fsp3) is 0.692. The molecule has 2 fully saturated rings. The molecule has 2 aliphatic carbocycles. The van der Waals surface area contributed by atoms with Crippen LogP contribution in [0.1, 0.15) is 26.7 Å². The van der Waals surface area contributed by atoms with Crippen LogP contribution in [0.3, 0.4) is 0 Å². The third-order valence-electron chi connectivity index (χ3n) is 4.97. The number of carbonyl (C=O) groups excluding carboxylic acids is 2. The molecule has 0 spiro atoms. The van der Waals surface area contributed by atoms with Crippen LogP contribution in [0.15, 0.2) is 11.3 Å². The van der Waals surface area contributed by atoms with Gasteiger partial charge in [-0.1, -0.05) is 29.8 Å². The topological polar surface area (TPSA) is 63.6 Å². The Kier molecular flexibility index (Phi) is 3.08. The molecule has 0 aliphatic heterocycles. The van der Waals surface area contributed by atoms with E-state index < -0.39 is 17.1 Å². The summed E-state index contributed by atoms with van der Waals surface area (Å²) in [4.78, 5) is 23.9. The first kappa shape index (κ1) is 13.6. The molecule has 0 amide bonds. The second-order valence-corrected chi connectivity index (χ2v) is 6.12. The van der Waals surface area contributed by atoms with Crippen LogP contribution in [-0.4, -0.2) is 29.3 Å². The van der Waals surface area contributed by atoms with E-state index in [1.54, 1.807) is 0 Å². The van der Waals surface area contributed by atoms with Gasteiger partial charge in [0.15, 0.2) is 5.78 Å². The summed E-state index contributed by atoms with van der Waals surface area (Å²) >= 11 is 3.47. The van der Waals surface area contributed by atoms with Crippen LogP contribution in [0.25, 0.3) is 0 Å². The molecular weight excluding hydrogens is 300 g/mol. The first-order chi connectivity index (χ1) is 8.33. The quantitative estimate of drug-likeness (QED) is 0.368. The Balaban J connectivity index is 2.57. The highest BCUT2D eigenvalue weighted by atomic mass is 79.9. The minimum atomic E-state index is -0.827. The Morgan fingerprint density at radius 2 is 2.17 bits per heavy atom. The largest absolute Gasteiger partial charge is 0.502 e. The van der Waals surface area contributed by atoms with Crippen LogP contribution in [0.4, 0.5) is 0 Å². The summed E-state index contributed by atoms with van der Waals surface area (Å²) in [5.41, 5.74) is -0.488. The van der Waals surface area contributed by atoms with E-state index >= 15 is 0 Å². The maximum Gasteiger partial charge on any atom is 0.373 e. The molecule has 0 saturated heterocycles. The van der Waals surface area contributed by atoms with E-state index in [4.69, 9.17) is 0 Å². The summed E-state index contributed by atoms with van der Waals surface area (Å²) in [6.45, 7) is 3.96. The molecule has 4 nitrogen and oxygen atoms in total. The molecule has 2 aliphatic rings. The molecule has 0 radical (unpaired) electrons. The highest BCUT2D eigenvalue weighted by molar-refractivity contribution is 9.09. The Morgan fingerprint density at radius 1 is 1.56 bits per heavy atom. The summed E-state index contributed by atoms with van der Waals surface area (Å²) in [5.74, 6) is -1.52. The zero-order valence-electron chi connectivity index (χ0n) is 10.7. The average Bonchev–Trinajstić information content (AvgIpc) is 2.71. The molecule has 0 unspecified atom stereocenters. The van der Waals surface area contributed by atoms with E-state index in [-0.39, 0.29) is 22.7 Å². The fourth-order valence-electron chi connectivity index (χ4n) is 3.43. The predicted molar refractivity (Wildman–Crippen MR) is 69.4 cm³/mol. The van der Waals surface area contributed by atoms with Gasteiger partial charge >= 0.3 is 5.97 Å². The predicted octanol–water partition coefficient (Wildman–Crippen LogP) is 2.37. The van der Waals surface area contributed by atoms with E-state index in [1.807, 2.05) is 13.8 Å². The monoisotopic (exact) mass is 316 g/mol. The zero-order valence-corrected chi connectivity index (χ0v) is 12.3. The van der Waals surface area contributed by atoms with Gasteiger partial charge in [0.2, 0.25) is 5.76 Å². The van der Waals surface area contributed by atoms with Gasteiger partial charge in [0.1, 0.15) is 0 Å². The van der Waals surface area contributed by atoms with E-state index in [9.17, 15) is 14.7 Å². The maximum absolute atomic E-state index is 12.5. The standard InChI is InChI=1S/C13H17BrO4/c1-12-5-4-7(13(12,2)6-14)8(10(12)16)9(15)11(17)18-3/h7,15H,4-6H2,1-3H3/b9-8+/t7-,12+,13+/m0/s1.